The van der Waals surface area contributed by atoms with Crippen molar-refractivity contribution in [3.05, 3.63) is 76.0 Å². The molecule has 0 aliphatic carbocycles. The normalized spacial score (nSPS) is 13.9. The Kier molecular flexibility index (Phi) is 5.36. The van der Waals surface area contributed by atoms with Crippen molar-refractivity contribution in [2.75, 3.05) is 19.0 Å². The zero-order chi connectivity index (χ0) is 18.6. The molecule has 2 aromatic carbocycles. The van der Waals surface area contributed by atoms with Gasteiger partial charge in [-0.1, -0.05) is 34.1 Å². The molecule has 3 aromatic rings. The number of nitrogens with one attached hydrogen (secondary N) is 1. The van der Waals surface area contributed by atoms with Crippen molar-refractivity contribution in [2.45, 2.75) is 19.5 Å². The molecular formula is C21H21BrN4O. The summed E-state index contributed by atoms with van der Waals surface area (Å²) >= 11 is 3.49. The fraction of sp³-hybridized carbons (Fsp3) is 0.238. The molecule has 1 aromatic heterocycles. The van der Waals surface area contributed by atoms with Crippen LogP contribution in [0, 0.1) is 0 Å². The average molecular weight is 425 g/mol. The molecule has 0 amide bonds. The quantitative estimate of drug-likeness (QED) is 0.650. The lowest BCUT2D eigenvalue weighted by Gasteiger charge is -2.28. The largest absolute Gasteiger partial charge is 0.497 e. The summed E-state index contributed by atoms with van der Waals surface area (Å²) in [6, 6.07) is 16.3. The maximum Gasteiger partial charge on any atom is 0.227 e. The zero-order valence-electron chi connectivity index (χ0n) is 15.2. The second-order valence-electron chi connectivity index (χ2n) is 6.61. The molecule has 27 heavy (non-hydrogen) atoms. The molecule has 0 atom stereocenters. The lowest BCUT2D eigenvalue weighted by atomic mass is 10.1. The van der Waals surface area contributed by atoms with Crippen LogP contribution in [0.5, 0.6) is 5.75 Å². The van der Waals surface area contributed by atoms with E-state index in [1.807, 2.05) is 30.5 Å². The van der Waals surface area contributed by atoms with Crippen LogP contribution in [0.3, 0.4) is 0 Å². The van der Waals surface area contributed by atoms with Gasteiger partial charge in [0.15, 0.2) is 0 Å². The molecule has 138 valence electrons. The monoisotopic (exact) mass is 424 g/mol. The first-order valence-corrected chi connectivity index (χ1v) is 9.71. The number of halogens is 1. The van der Waals surface area contributed by atoms with Gasteiger partial charge in [-0.25, -0.2) is 9.97 Å². The smallest absolute Gasteiger partial charge is 0.227 e. The van der Waals surface area contributed by atoms with Gasteiger partial charge in [-0.15, -0.1) is 0 Å². The van der Waals surface area contributed by atoms with Gasteiger partial charge in [0.2, 0.25) is 5.95 Å². The number of methoxy groups -OCH3 is 1. The molecule has 0 spiro atoms. The van der Waals surface area contributed by atoms with Gasteiger partial charge in [0, 0.05) is 54.0 Å². The maximum absolute atomic E-state index is 5.26. The second-order valence-corrected chi connectivity index (χ2v) is 7.53. The molecule has 1 N–H and O–H groups in total. The average Bonchev–Trinajstić information content (AvgIpc) is 2.70. The van der Waals surface area contributed by atoms with Crippen molar-refractivity contribution in [3.8, 4) is 5.75 Å². The first kappa shape index (κ1) is 17.9. The van der Waals surface area contributed by atoms with E-state index in [0.29, 0.717) is 5.95 Å². The highest BCUT2D eigenvalue weighted by Crippen LogP contribution is 2.23. The van der Waals surface area contributed by atoms with Crippen molar-refractivity contribution in [3.63, 3.8) is 0 Å². The third-order valence-corrected chi connectivity index (χ3v) is 5.19. The van der Waals surface area contributed by atoms with Crippen LogP contribution in [0.2, 0.25) is 0 Å². The van der Waals surface area contributed by atoms with Gasteiger partial charge in [0.1, 0.15) is 5.75 Å². The predicted molar refractivity (Wildman–Crippen MR) is 110 cm³/mol. The fourth-order valence-corrected chi connectivity index (χ4v) is 3.51. The van der Waals surface area contributed by atoms with Crippen LogP contribution in [0.1, 0.15) is 16.8 Å². The Morgan fingerprint density at radius 3 is 2.85 bits per heavy atom. The minimum absolute atomic E-state index is 0.628. The molecule has 2 heterocycles. The second kappa shape index (κ2) is 8.06. The standard InChI is InChI=1S/C21H21BrN4O/c1-27-19-4-2-3-18(11-19)24-21-23-12-16-14-26(10-9-20(16)25-21)13-15-5-7-17(22)8-6-15/h2-8,11-12H,9-10,13-14H2,1H3,(H,23,24,25). The highest BCUT2D eigenvalue weighted by molar-refractivity contribution is 9.10. The van der Waals surface area contributed by atoms with Gasteiger partial charge in [-0.2, -0.15) is 0 Å². The van der Waals surface area contributed by atoms with Crippen molar-refractivity contribution in [2.24, 2.45) is 0 Å². The number of fused-ring (bicyclic) bond motifs is 1. The summed E-state index contributed by atoms with van der Waals surface area (Å²) in [6.07, 6.45) is 2.87. The van der Waals surface area contributed by atoms with Crippen LogP contribution in [-0.4, -0.2) is 28.5 Å². The maximum atomic E-state index is 5.26. The Hall–Kier alpha value is -2.44. The third kappa shape index (κ3) is 4.46. The van der Waals surface area contributed by atoms with Crippen LogP contribution >= 0.6 is 15.9 Å². The Morgan fingerprint density at radius 2 is 2.04 bits per heavy atom. The van der Waals surface area contributed by atoms with Gasteiger partial charge in [0.25, 0.3) is 0 Å². The lowest BCUT2D eigenvalue weighted by Crippen LogP contribution is -2.31. The van der Waals surface area contributed by atoms with Gasteiger partial charge >= 0.3 is 0 Å². The van der Waals surface area contributed by atoms with Crippen molar-refractivity contribution in [1.29, 1.82) is 0 Å². The topological polar surface area (TPSA) is 50.3 Å². The summed E-state index contributed by atoms with van der Waals surface area (Å²) in [5.41, 5.74) is 4.57. The van der Waals surface area contributed by atoms with Crippen LogP contribution in [-0.2, 0) is 19.5 Å². The van der Waals surface area contributed by atoms with Crippen LogP contribution in [0.25, 0.3) is 0 Å². The van der Waals surface area contributed by atoms with E-state index in [-0.39, 0.29) is 0 Å². The van der Waals surface area contributed by atoms with Gasteiger partial charge in [0.05, 0.1) is 12.8 Å². The Morgan fingerprint density at radius 1 is 1.19 bits per heavy atom. The Balaban J connectivity index is 1.43. The highest BCUT2D eigenvalue weighted by Gasteiger charge is 2.18. The summed E-state index contributed by atoms with van der Waals surface area (Å²) in [7, 11) is 1.66. The van der Waals surface area contributed by atoms with Crippen LogP contribution in [0.4, 0.5) is 11.6 Å². The van der Waals surface area contributed by atoms with E-state index in [0.717, 1.165) is 47.7 Å². The number of benzene rings is 2. The minimum Gasteiger partial charge on any atom is -0.497 e. The van der Waals surface area contributed by atoms with Crippen molar-refractivity contribution >= 4 is 27.6 Å². The Bertz CT molecular complexity index is 930. The molecular weight excluding hydrogens is 404 g/mol. The van der Waals surface area contributed by atoms with E-state index in [9.17, 15) is 0 Å². The SMILES string of the molecule is COc1cccc(Nc2ncc3c(n2)CCN(Cc2ccc(Br)cc2)C3)c1. The molecule has 1 aliphatic rings. The highest BCUT2D eigenvalue weighted by atomic mass is 79.9. The molecule has 0 saturated carbocycles. The molecule has 0 fully saturated rings. The zero-order valence-corrected chi connectivity index (χ0v) is 16.7. The van der Waals surface area contributed by atoms with Crippen molar-refractivity contribution < 1.29 is 4.74 Å². The van der Waals surface area contributed by atoms with Crippen LogP contribution in [0.15, 0.2) is 59.2 Å². The van der Waals surface area contributed by atoms with E-state index < -0.39 is 0 Å². The number of aromatic nitrogens is 2. The number of rotatable bonds is 5. The van der Waals surface area contributed by atoms with E-state index in [1.54, 1.807) is 7.11 Å². The molecule has 0 unspecified atom stereocenters. The summed E-state index contributed by atoms with van der Waals surface area (Å²) in [6.45, 7) is 2.82. The number of anilines is 2. The summed E-state index contributed by atoms with van der Waals surface area (Å²) in [5.74, 6) is 1.44. The number of hydrogen-bond acceptors (Lipinski definition) is 5. The van der Waals surface area contributed by atoms with E-state index in [4.69, 9.17) is 9.72 Å². The first-order chi connectivity index (χ1) is 13.2. The van der Waals surface area contributed by atoms with E-state index >= 15 is 0 Å². The molecule has 0 bridgehead atoms. The summed E-state index contributed by atoms with van der Waals surface area (Å²) < 4.78 is 6.37. The molecule has 5 nitrogen and oxygen atoms in total. The molecule has 1 aliphatic heterocycles. The van der Waals surface area contributed by atoms with Gasteiger partial charge in [-0.3, -0.25) is 4.90 Å². The Labute approximate surface area is 167 Å². The number of hydrogen-bond donors (Lipinski definition) is 1. The minimum atomic E-state index is 0.628. The van der Waals surface area contributed by atoms with E-state index in [1.165, 1.54) is 11.1 Å². The van der Waals surface area contributed by atoms with Gasteiger partial charge < -0.3 is 10.1 Å². The third-order valence-electron chi connectivity index (χ3n) is 4.66. The van der Waals surface area contributed by atoms with Gasteiger partial charge in [-0.05, 0) is 29.8 Å². The lowest BCUT2D eigenvalue weighted by molar-refractivity contribution is 0.243. The van der Waals surface area contributed by atoms with Crippen molar-refractivity contribution in [1.82, 2.24) is 14.9 Å². The predicted octanol–water partition coefficient (Wildman–Crippen LogP) is 4.55. The number of nitrogens with zero attached hydrogens (tertiary/aromatic N) is 3. The molecule has 4 rings (SSSR count). The molecule has 0 radical (unpaired) electrons. The number of ether oxygens (including phenoxy) is 1. The summed E-state index contributed by atoms with van der Waals surface area (Å²) in [4.78, 5) is 11.7. The van der Waals surface area contributed by atoms with E-state index in [2.05, 4.69) is 55.4 Å². The molecule has 6 heteroatoms. The fourth-order valence-electron chi connectivity index (χ4n) is 3.25. The molecule has 0 saturated heterocycles. The first-order valence-electron chi connectivity index (χ1n) is 8.92. The summed E-state index contributed by atoms with van der Waals surface area (Å²) in [5, 5.41) is 3.26. The van der Waals surface area contributed by atoms with Crippen LogP contribution < -0.4 is 10.1 Å².